The van der Waals surface area contributed by atoms with Gasteiger partial charge in [0.05, 0.1) is 5.52 Å². The van der Waals surface area contributed by atoms with E-state index in [9.17, 15) is 4.39 Å². The maximum Gasteiger partial charge on any atom is 0.151 e. The normalized spacial score (nSPS) is 11.1. The highest BCUT2D eigenvalue weighted by Crippen LogP contribution is 2.21. The molecule has 0 spiro atoms. The molecule has 3 nitrogen and oxygen atoms in total. The highest BCUT2D eigenvalue weighted by atomic mass is 35.5. The van der Waals surface area contributed by atoms with E-state index in [0.29, 0.717) is 24.4 Å². The van der Waals surface area contributed by atoms with Crippen molar-refractivity contribution in [1.29, 1.82) is 0 Å². The summed E-state index contributed by atoms with van der Waals surface area (Å²) in [6, 6.07) is 8.89. The number of nitrogens with zero attached hydrogens (tertiary/aromatic N) is 3. The van der Waals surface area contributed by atoms with E-state index in [4.69, 9.17) is 11.6 Å². The van der Waals surface area contributed by atoms with Crippen molar-refractivity contribution in [3.05, 3.63) is 59.9 Å². The van der Waals surface area contributed by atoms with Crippen LogP contribution in [0.1, 0.15) is 11.4 Å². The summed E-state index contributed by atoms with van der Waals surface area (Å²) in [5.74, 6) is 0.963. The maximum absolute atomic E-state index is 13.8. The van der Waals surface area contributed by atoms with Crippen LogP contribution in [0, 0.1) is 5.82 Å². The van der Waals surface area contributed by atoms with E-state index in [0.717, 1.165) is 16.9 Å². The quantitative estimate of drug-likeness (QED) is 0.689. The molecule has 0 saturated heterocycles. The van der Waals surface area contributed by atoms with Crippen LogP contribution in [-0.2, 0) is 13.0 Å². The maximum atomic E-state index is 13.8. The number of aromatic nitrogens is 3. The lowest BCUT2D eigenvalue weighted by molar-refractivity contribution is 0.637. The van der Waals surface area contributed by atoms with Gasteiger partial charge in [-0.1, -0.05) is 6.07 Å². The van der Waals surface area contributed by atoms with Gasteiger partial charge in [-0.15, -0.1) is 11.6 Å². The monoisotopic (exact) mass is 289 g/mol. The molecule has 20 heavy (non-hydrogen) atoms. The van der Waals surface area contributed by atoms with Gasteiger partial charge in [0.25, 0.3) is 0 Å². The number of benzene rings is 1. The van der Waals surface area contributed by atoms with Crippen LogP contribution in [0.3, 0.4) is 0 Å². The van der Waals surface area contributed by atoms with Crippen LogP contribution in [-0.4, -0.2) is 20.4 Å². The molecule has 0 aliphatic heterocycles. The Bertz CT molecular complexity index is 725. The fourth-order valence-electron chi connectivity index (χ4n) is 2.28. The SMILES string of the molecule is Fc1cccc2c1nc(CCCl)n2Cc1ccncc1. The molecule has 0 aliphatic rings. The molecule has 2 heterocycles. The number of pyridine rings is 1. The average Bonchev–Trinajstić information content (AvgIpc) is 2.81. The fourth-order valence-corrected chi connectivity index (χ4v) is 2.45. The summed E-state index contributed by atoms with van der Waals surface area (Å²) in [5.41, 5.74) is 2.29. The topological polar surface area (TPSA) is 30.7 Å². The lowest BCUT2D eigenvalue weighted by Gasteiger charge is -2.08. The van der Waals surface area contributed by atoms with E-state index in [-0.39, 0.29) is 5.82 Å². The zero-order valence-corrected chi connectivity index (χ0v) is 11.5. The first kappa shape index (κ1) is 13.1. The summed E-state index contributed by atoms with van der Waals surface area (Å²) in [7, 11) is 0. The Labute approximate surface area is 121 Å². The molecule has 0 amide bonds. The van der Waals surface area contributed by atoms with Crippen LogP contribution in [0.25, 0.3) is 11.0 Å². The largest absolute Gasteiger partial charge is 0.323 e. The van der Waals surface area contributed by atoms with Crippen molar-refractivity contribution in [2.24, 2.45) is 0 Å². The Balaban J connectivity index is 2.12. The van der Waals surface area contributed by atoms with Gasteiger partial charge >= 0.3 is 0 Å². The van der Waals surface area contributed by atoms with Gasteiger partial charge in [0.15, 0.2) is 5.82 Å². The van der Waals surface area contributed by atoms with Crippen molar-refractivity contribution in [2.45, 2.75) is 13.0 Å². The standard InChI is InChI=1S/C15H13ClFN3/c16-7-4-14-19-15-12(17)2-1-3-13(15)20(14)10-11-5-8-18-9-6-11/h1-3,5-6,8-9H,4,7,10H2. The Morgan fingerprint density at radius 2 is 1.95 bits per heavy atom. The molecule has 3 rings (SSSR count). The van der Waals surface area contributed by atoms with E-state index in [1.54, 1.807) is 18.5 Å². The zero-order valence-electron chi connectivity index (χ0n) is 10.8. The van der Waals surface area contributed by atoms with E-state index in [1.165, 1.54) is 6.07 Å². The molecular weight excluding hydrogens is 277 g/mol. The van der Waals surface area contributed by atoms with Gasteiger partial charge < -0.3 is 4.57 Å². The van der Waals surface area contributed by atoms with Crippen molar-refractivity contribution >= 4 is 22.6 Å². The van der Waals surface area contributed by atoms with Crippen LogP contribution < -0.4 is 0 Å². The lowest BCUT2D eigenvalue weighted by Crippen LogP contribution is -2.06. The molecule has 5 heteroatoms. The average molecular weight is 290 g/mol. The number of aryl methyl sites for hydroxylation is 1. The van der Waals surface area contributed by atoms with Crippen molar-refractivity contribution in [1.82, 2.24) is 14.5 Å². The molecule has 3 aromatic rings. The molecule has 2 aromatic heterocycles. The third kappa shape index (κ3) is 2.39. The van der Waals surface area contributed by atoms with Crippen LogP contribution in [0.5, 0.6) is 0 Å². The number of halogens is 2. The minimum atomic E-state index is -0.299. The van der Waals surface area contributed by atoms with Gasteiger partial charge in [-0.05, 0) is 29.8 Å². The summed E-state index contributed by atoms with van der Waals surface area (Å²) in [4.78, 5) is 8.39. The van der Waals surface area contributed by atoms with Gasteiger partial charge in [0, 0.05) is 31.2 Å². The first-order valence-corrected chi connectivity index (χ1v) is 6.91. The Morgan fingerprint density at radius 1 is 1.15 bits per heavy atom. The van der Waals surface area contributed by atoms with Crippen molar-refractivity contribution in [2.75, 3.05) is 5.88 Å². The number of hydrogen-bond acceptors (Lipinski definition) is 2. The van der Waals surface area contributed by atoms with Crippen molar-refractivity contribution in [3.63, 3.8) is 0 Å². The Kier molecular flexibility index (Phi) is 3.65. The predicted octanol–water partition coefficient (Wildman–Crippen LogP) is 3.40. The summed E-state index contributed by atoms with van der Waals surface area (Å²) in [5, 5.41) is 0. The molecule has 1 aromatic carbocycles. The minimum absolute atomic E-state index is 0.299. The highest BCUT2D eigenvalue weighted by molar-refractivity contribution is 6.17. The highest BCUT2D eigenvalue weighted by Gasteiger charge is 2.13. The number of alkyl halides is 1. The third-order valence-electron chi connectivity index (χ3n) is 3.22. The van der Waals surface area contributed by atoms with Gasteiger partial charge in [-0.3, -0.25) is 4.98 Å². The molecule has 0 bridgehead atoms. The van der Waals surface area contributed by atoms with E-state index < -0.39 is 0 Å². The number of para-hydroxylation sites is 1. The molecule has 0 N–H and O–H groups in total. The Morgan fingerprint density at radius 3 is 2.70 bits per heavy atom. The van der Waals surface area contributed by atoms with Gasteiger partial charge in [-0.25, -0.2) is 9.37 Å². The van der Waals surface area contributed by atoms with Crippen LogP contribution >= 0.6 is 11.6 Å². The van der Waals surface area contributed by atoms with E-state index in [1.807, 2.05) is 22.8 Å². The van der Waals surface area contributed by atoms with E-state index >= 15 is 0 Å². The first-order chi connectivity index (χ1) is 9.79. The molecular formula is C15H13ClFN3. The van der Waals surface area contributed by atoms with Crippen LogP contribution in [0.15, 0.2) is 42.7 Å². The molecule has 0 aliphatic carbocycles. The van der Waals surface area contributed by atoms with Gasteiger partial charge in [-0.2, -0.15) is 0 Å². The Hall–Kier alpha value is -1.94. The molecule has 0 fully saturated rings. The van der Waals surface area contributed by atoms with Crippen LogP contribution in [0.4, 0.5) is 4.39 Å². The molecule has 0 unspecified atom stereocenters. The predicted molar refractivity (Wildman–Crippen MR) is 77.5 cm³/mol. The second kappa shape index (κ2) is 5.59. The number of rotatable bonds is 4. The summed E-state index contributed by atoms with van der Waals surface area (Å²) in [6.07, 6.45) is 4.10. The van der Waals surface area contributed by atoms with Gasteiger partial charge in [0.2, 0.25) is 0 Å². The first-order valence-electron chi connectivity index (χ1n) is 6.38. The van der Waals surface area contributed by atoms with Gasteiger partial charge in [0.1, 0.15) is 11.3 Å². The molecule has 102 valence electrons. The van der Waals surface area contributed by atoms with Crippen molar-refractivity contribution < 1.29 is 4.39 Å². The van der Waals surface area contributed by atoms with Crippen LogP contribution in [0.2, 0.25) is 0 Å². The molecule has 0 atom stereocenters. The summed E-state index contributed by atoms with van der Waals surface area (Å²) < 4.78 is 15.8. The zero-order chi connectivity index (χ0) is 13.9. The number of imidazole rings is 1. The number of fused-ring (bicyclic) bond motifs is 1. The smallest absolute Gasteiger partial charge is 0.151 e. The second-order valence-corrected chi connectivity index (χ2v) is 4.89. The summed E-state index contributed by atoms with van der Waals surface area (Å²) in [6.45, 7) is 0.634. The number of hydrogen-bond donors (Lipinski definition) is 0. The summed E-state index contributed by atoms with van der Waals surface area (Å²) >= 11 is 5.82. The van der Waals surface area contributed by atoms with Crippen molar-refractivity contribution in [3.8, 4) is 0 Å². The molecule has 0 radical (unpaired) electrons. The fraction of sp³-hybridized carbons (Fsp3) is 0.200. The third-order valence-corrected chi connectivity index (χ3v) is 3.41. The lowest BCUT2D eigenvalue weighted by atomic mass is 10.2. The minimum Gasteiger partial charge on any atom is -0.323 e. The molecule has 0 saturated carbocycles. The van der Waals surface area contributed by atoms with E-state index in [2.05, 4.69) is 9.97 Å². The second-order valence-electron chi connectivity index (χ2n) is 4.52.